The molecule has 152 valence electrons. The Morgan fingerprint density at radius 2 is 1.41 bits per heavy atom. The molecule has 3 aromatic rings. The summed E-state index contributed by atoms with van der Waals surface area (Å²) in [4.78, 5) is 8.88. The highest BCUT2D eigenvalue weighted by atomic mass is 32.2. The van der Waals surface area contributed by atoms with E-state index in [1.807, 2.05) is 43.0 Å². The molecule has 0 spiro atoms. The molecule has 0 radical (unpaired) electrons. The maximum Gasteiger partial charge on any atom is 0.236 e. The molecule has 0 unspecified atom stereocenters. The molecule has 1 saturated heterocycles. The van der Waals surface area contributed by atoms with E-state index in [0.717, 1.165) is 29.8 Å². The first-order valence-electron chi connectivity index (χ1n) is 9.68. The van der Waals surface area contributed by atoms with E-state index in [-0.39, 0.29) is 9.92 Å². The van der Waals surface area contributed by atoms with E-state index in [1.54, 1.807) is 24.3 Å². The van der Waals surface area contributed by atoms with Crippen LogP contribution in [0.25, 0.3) is 11.5 Å². The van der Waals surface area contributed by atoms with Crippen LogP contribution in [0.2, 0.25) is 0 Å². The minimum atomic E-state index is -3.80. The van der Waals surface area contributed by atoms with Gasteiger partial charge in [-0.1, -0.05) is 35.4 Å². The second-order valence-electron chi connectivity index (χ2n) is 7.60. The lowest BCUT2D eigenvalue weighted by atomic mass is 10.1. The Kier molecular flexibility index (Phi) is 5.19. The Morgan fingerprint density at radius 3 is 2.00 bits per heavy atom. The number of oxazole rings is 1. The number of hydrogen-bond acceptors (Lipinski definition) is 6. The van der Waals surface area contributed by atoms with E-state index in [9.17, 15) is 8.42 Å². The number of hydrogen-bond donors (Lipinski definition) is 0. The standard InChI is InChI=1S/C22H25N3O3S/c1-16-4-8-18(9-5-16)20-23-21(22(28-20)25-14-12-24(3)13-15-25)29(26,27)19-10-6-17(2)7-11-19/h4-11H,12-15H2,1-3H3. The topological polar surface area (TPSA) is 66.7 Å². The molecular formula is C22H25N3O3S. The van der Waals surface area contributed by atoms with Crippen LogP contribution >= 0.6 is 0 Å². The van der Waals surface area contributed by atoms with Gasteiger partial charge >= 0.3 is 0 Å². The molecule has 0 aliphatic carbocycles. The molecule has 0 atom stereocenters. The Morgan fingerprint density at radius 1 is 0.862 bits per heavy atom. The van der Waals surface area contributed by atoms with Gasteiger partial charge in [-0.15, -0.1) is 0 Å². The van der Waals surface area contributed by atoms with Crippen LogP contribution in [0.4, 0.5) is 5.88 Å². The molecular weight excluding hydrogens is 386 g/mol. The minimum Gasteiger partial charge on any atom is -0.419 e. The molecule has 1 aliphatic heterocycles. The molecule has 1 fully saturated rings. The normalized spacial score (nSPS) is 15.6. The number of piperazine rings is 1. The quantitative estimate of drug-likeness (QED) is 0.654. The van der Waals surface area contributed by atoms with Crippen LogP contribution in [-0.2, 0) is 9.84 Å². The smallest absolute Gasteiger partial charge is 0.236 e. The molecule has 1 aromatic heterocycles. The average molecular weight is 412 g/mol. The zero-order chi connectivity index (χ0) is 20.6. The van der Waals surface area contributed by atoms with E-state index in [2.05, 4.69) is 16.9 Å². The number of sulfone groups is 1. The van der Waals surface area contributed by atoms with Crippen LogP contribution in [0.1, 0.15) is 11.1 Å². The van der Waals surface area contributed by atoms with Gasteiger partial charge in [-0.3, -0.25) is 0 Å². The van der Waals surface area contributed by atoms with E-state index in [1.165, 1.54) is 0 Å². The molecule has 29 heavy (non-hydrogen) atoms. The van der Waals surface area contributed by atoms with E-state index < -0.39 is 9.84 Å². The number of benzene rings is 2. The largest absolute Gasteiger partial charge is 0.419 e. The van der Waals surface area contributed by atoms with Crippen molar-refractivity contribution in [1.82, 2.24) is 9.88 Å². The SMILES string of the molecule is Cc1ccc(-c2nc(S(=O)(=O)c3ccc(C)cc3)c(N3CCN(C)CC3)o2)cc1. The monoisotopic (exact) mass is 411 g/mol. The highest BCUT2D eigenvalue weighted by Crippen LogP contribution is 2.35. The first kappa shape index (κ1) is 19.7. The molecule has 6 nitrogen and oxygen atoms in total. The zero-order valence-corrected chi connectivity index (χ0v) is 17.7. The maximum atomic E-state index is 13.4. The third-order valence-electron chi connectivity index (χ3n) is 5.25. The van der Waals surface area contributed by atoms with E-state index >= 15 is 0 Å². The number of nitrogens with zero attached hydrogens (tertiary/aromatic N) is 3. The Labute approximate surface area is 171 Å². The van der Waals surface area contributed by atoms with Crippen molar-refractivity contribution in [3.05, 3.63) is 59.7 Å². The highest BCUT2D eigenvalue weighted by Gasteiger charge is 2.32. The van der Waals surface area contributed by atoms with Crippen molar-refractivity contribution in [1.29, 1.82) is 0 Å². The van der Waals surface area contributed by atoms with Gasteiger partial charge in [0.15, 0.2) is 0 Å². The highest BCUT2D eigenvalue weighted by molar-refractivity contribution is 7.91. The van der Waals surface area contributed by atoms with Gasteiger partial charge in [0.2, 0.25) is 26.6 Å². The third-order valence-corrected chi connectivity index (χ3v) is 6.92. The number of aryl methyl sites for hydroxylation is 2. The fraction of sp³-hybridized carbons (Fsp3) is 0.318. The molecule has 0 bridgehead atoms. The van der Waals surface area contributed by atoms with Gasteiger partial charge in [-0.2, -0.15) is 4.98 Å². The van der Waals surface area contributed by atoms with Crippen molar-refractivity contribution in [2.45, 2.75) is 23.8 Å². The summed E-state index contributed by atoms with van der Waals surface area (Å²) < 4.78 is 32.9. The molecule has 0 N–H and O–H groups in total. The second kappa shape index (κ2) is 7.65. The van der Waals surface area contributed by atoms with E-state index in [4.69, 9.17) is 4.42 Å². The number of likely N-dealkylation sites (N-methyl/N-ethyl adjacent to an activating group) is 1. The molecule has 4 rings (SSSR count). The fourth-order valence-corrected chi connectivity index (χ4v) is 4.65. The van der Waals surface area contributed by atoms with Crippen molar-refractivity contribution in [2.24, 2.45) is 0 Å². The van der Waals surface area contributed by atoms with Gasteiger partial charge in [0.1, 0.15) is 0 Å². The summed E-state index contributed by atoms with van der Waals surface area (Å²) in [6.45, 7) is 6.99. The first-order chi connectivity index (χ1) is 13.8. The van der Waals surface area contributed by atoms with Gasteiger partial charge in [0.05, 0.1) is 4.90 Å². The van der Waals surface area contributed by atoms with Gasteiger partial charge in [-0.05, 0) is 45.2 Å². The lowest BCUT2D eigenvalue weighted by Gasteiger charge is -2.32. The summed E-state index contributed by atoms with van der Waals surface area (Å²) in [5.41, 5.74) is 2.88. The molecule has 0 saturated carbocycles. The first-order valence-corrected chi connectivity index (χ1v) is 11.2. The summed E-state index contributed by atoms with van der Waals surface area (Å²) in [5.74, 6) is 0.652. The molecule has 0 amide bonds. The van der Waals surface area contributed by atoms with Gasteiger partial charge in [0, 0.05) is 31.7 Å². The van der Waals surface area contributed by atoms with Gasteiger partial charge in [-0.25, -0.2) is 8.42 Å². The Balaban J connectivity index is 1.82. The minimum absolute atomic E-state index is 0.0125. The average Bonchev–Trinajstić information content (AvgIpc) is 3.16. The van der Waals surface area contributed by atoms with Crippen LogP contribution in [-0.4, -0.2) is 51.5 Å². The van der Waals surface area contributed by atoms with E-state index in [0.29, 0.717) is 24.9 Å². The summed E-state index contributed by atoms with van der Waals surface area (Å²) in [5, 5.41) is -0.0125. The fourth-order valence-electron chi connectivity index (χ4n) is 3.33. The van der Waals surface area contributed by atoms with Crippen molar-refractivity contribution < 1.29 is 12.8 Å². The van der Waals surface area contributed by atoms with Crippen molar-refractivity contribution >= 4 is 15.7 Å². The van der Waals surface area contributed by atoms with Crippen molar-refractivity contribution in [2.75, 3.05) is 38.1 Å². The van der Waals surface area contributed by atoms with Crippen LogP contribution in [0, 0.1) is 13.8 Å². The third kappa shape index (κ3) is 3.93. The van der Waals surface area contributed by atoms with Crippen molar-refractivity contribution in [3.63, 3.8) is 0 Å². The van der Waals surface area contributed by atoms with Crippen LogP contribution in [0.3, 0.4) is 0 Å². The number of anilines is 1. The predicted molar refractivity (Wildman–Crippen MR) is 113 cm³/mol. The number of rotatable bonds is 4. The lowest BCUT2D eigenvalue weighted by Crippen LogP contribution is -2.44. The Bertz CT molecular complexity index is 1100. The zero-order valence-electron chi connectivity index (χ0n) is 16.9. The Hall–Kier alpha value is -2.64. The molecule has 1 aliphatic rings. The second-order valence-corrected chi connectivity index (χ2v) is 9.47. The van der Waals surface area contributed by atoms with Crippen LogP contribution in [0.15, 0.2) is 62.9 Å². The van der Waals surface area contributed by atoms with Crippen LogP contribution in [0.5, 0.6) is 0 Å². The predicted octanol–water partition coefficient (Wildman–Crippen LogP) is 3.54. The number of aromatic nitrogens is 1. The maximum absolute atomic E-state index is 13.4. The molecule has 7 heteroatoms. The molecule has 2 heterocycles. The van der Waals surface area contributed by atoms with Crippen LogP contribution < -0.4 is 4.90 Å². The molecule has 2 aromatic carbocycles. The van der Waals surface area contributed by atoms with Gasteiger partial charge in [0.25, 0.3) is 0 Å². The summed E-state index contributed by atoms with van der Waals surface area (Å²) in [6.07, 6.45) is 0. The summed E-state index contributed by atoms with van der Waals surface area (Å²) >= 11 is 0. The lowest BCUT2D eigenvalue weighted by molar-refractivity contribution is 0.305. The summed E-state index contributed by atoms with van der Waals surface area (Å²) in [6, 6.07) is 14.6. The van der Waals surface area contributed by atoms with Crippen molar-refractivity contribution in [3.8, 4) is 11.5 Å². The summed E-state index contributed by atoms with van der Waals surface area (Å²) in [7, 11) is -1.75. The van der Waals surface area contributed by atoms with Gasteiger partial charge < -0.3 is 14.2 Å².